The molecule has 1 fully saturated rings. The predicted octanol–water partition coefficient (Wildman–Crippen LogP) is 1.23. The Bertz CT molecular complexity index is 1370. The van der Waals surface area contributed by atoms with Gasteiger partial charge in [0.05, 0.1) is 24.7 Å². The van der Waals surface area contributed by atoms with Gasteiger partial charge in [0, 0.05) is 12.2 Å². The lowest BCUT2D eigenvalue weighted by atomic mass is 9.78. The number of amides is 2. The predicted molar refractivity (Wildman–Crippen MR) is 150 cm³/mol. The molecule has 230 valence electrons. The van der Waals surface area contributed by atoms with Gasteiger partial charge in [-0.25, -0.2) is 8.78 Å². The summed E-state index contributed by atoms with van der Waals surface area (Å²) in [7, 11) is 0. The minimum Gasteiger partial charge on any atom is -0.394 e. The van der Waals surface area contributed by atoms with Crippen molar-refractivity contribution < 1.29 is 49.0 Å². The number of aliphatic hydroxyl groups is 6. The molecular weight excluding hydrogens is 566 g/mol. The van der Waals surface area contributed by atoms with Crippen LogP contribution in [0.1, 0.15) is 41.7 Å². The monoisotopic (exact) mass is 600 g/mol. The molecule has 2 amide bonds. The normalized spacial score (nSPS) is 20.1. The summed E-state index contributed by atoms with van der Waals surface area (Å²) in [4.78, 5) is 27.1. The van der Waals surface area contributed by atoms with Crippen molar-refractivity contribution in [3.63, 3.8) is 0 Å². The molecule has 4 rings (SSSR count). The highest BCUT2D eigenvalue weighted by Gasteiger charge is 2.48. The summed E-state index contributed by atoms with van der Waals surface area (Å²) in [6.45, 7) is -0.931. The number of benzene rings is 3. The quantitative estimate of drug-likeness (QED) is 0.144. The fourth-order valence-corrected chi connectivity index (χ4v) is 5.09. The van der Waals surface area contributed by atoms with Crippen LogP contribution in [0.3, 0.4) is 0 Å². The summed E-state index contributed by atoms with van der Waals surface area (Å²) in [5, 5.41) is 61.0. The lowest BCUT2D eigenvalue weighted by molar-refractivity contribution is -0.149. The summed E-state index contributed by atoms with van der Waals surface area (Å²) in [6, 6.07) is 17.5. The van der Waals surface area contributed by atoms with Crippen LogP contribution in [0.15, 0.2) is 72.8 Å². The third-order valence-corrected chi connectivity index (χ3v) is 7.64. The van der Waals surface area contributed by atoms with Gasteiger partial charge in [0.2, 0.25) is 5.91 Å². The number of carbonyl (C=O) groups is 2. The maximum absolute atomic E-state index is 13.6. The van der Waals surface area contributed by atoms with Gasteiger partial charge in [-0.15, -0.1) is 0 Å². The van der Waals surface area contributed by atoms with Gasteiger partial charge in [0.1, 0.15) is 29.9 Å². The Morgan fingerprint density at radius 1 is 0.837 bits per heavy atom. The summed E-state index contributed by atoms with van der Waals surface area (Å²) in [5.41, 5.74) is 2.39. The van der Waals surface area contributed by atoms with Crippen LogP contribution in [0.2, 0.25) is 0 Å². The van der Waals surface area contributed by atoms with Gasteiger partial charge in [-0.1, -0.05) is 36.4 Å². The van der Waals surface area contributed by atoms with Gasteiger partial charge in [-0.3, -0.25) is 9.59 Å². The summed E-state index contributed by atoms with van der Waals surface area (Å²) < 4.78 is 26.8. The first kappa shape index (κ1) is 32.1. The first-order chi connectivity index (χ1) is 20.5. The largest absolute Gasteiger partial charge is 0.394 e. The lowest BCUT2D eigenvalue weighted by Gasteiger charge is -2.48. The second kappa shape index (κ2) is 14.1. The Hall–Kier alpha value is -3.78. The number of carbonyl (C=O) groups excluding carboxylic acids is 2. The van der Waals surface area contributed by atoms with Crippen LogP contribution < -0.4 is 10.2 Å². The Morgan fingerprint density at radius 3 is 2.00 bits per heavy atom. The van der Waals surface area contributed by atoms with Gasteiger partial charge in [-0.05, 0) is 65.9 Å². The number of nitrogens with zero attached hydrogens (tertiary/aromatic N) is 1. The number of hydrogen-bond acceptors (Lipinski definition) is 8. The minimum atomic E-state index is -2.06. The third-order valence-electron chi connectivity index (χ3n) is 7.64. The van der Waals surface area contributed by atoms with Crippen LogP contribution in [-0.4, -0.2) is 73.5 Å². The Kier molecular flexibility index (Phi) is 10.6. The van der Waals surface area contributed by atoms with E-state index in [0.717, 1.165) is 5.56 Å². The number of aliphatic hydroxyl groups excluding tert-OH is 6. The molecule has 0 spiro atoms. The molecule has 0 bridgehead atoms. The van der Waals surface area contributed by atoms with Crippen LogP contribution in [0.4, 0.5) is 14.5 Å². The Morgan fingerprint density at radius 2 is 1.42 bits per heavy atom. The van der Waals surface area contributed by atoms with Crippen molar-refractivity contribution in [1.82, 2.24) is 5.32 Å². The molecule has 0 aromatic heterocycles. The van der Waals surface area contributed by atoms with E-state index < -0.39 is 66.6 Å². The first-order valence-corrected chi connectivity index (χ1v) is 13.7. The zero-order valence-corrected chi connectivity index (χ0v) is 23.0. The van der Waals surface area contributed by atoms with Crippen molar-refractivity contribution in [2.45, 2.75) is 55.9 Å². The molecule has 1 heterocycles. The van der Waals surface area contributed by atoms with Crippen LogP contribution >= 0.6 is 0 Å². The van der Waals surface area contributed by atoms with Gasteiger partial charge >= 0.3 is 0 Å². The maximum atomic E-state index is 13.6. The second-order valence-electron chi connectivity index (χ2n) is 10.5. The van der Waals surface area contributed by atoms with Crippen LogP contribution in [-0.2, 0) is 16.1 Å². The SMILES string of the molecule is O=C(NCc1ccc(C2C(CCC(O)c3ccc(F)cc3)C(=O)N2c2ccc(F)cc2)cc1)C(O)C(O)C(O)C(O)CO. The highest BCUT2D eigenvalue weighted by Crippen LogP contribution is 2.46. The molecule has 7 unspecified atom stereocenters. The zero-order chi connectivity index (χ0) is 31.3. The summed E-state index contributed by atoms with van der Waals surface area (Å²) in [5.74, 6) is -2.57. The number of nitrogens with one attached hydrogen (secondary N) is 1. The summed E-state index contributed by atoms with van der Waals surface area (Å²) >= 11 is 0. The number of hydrogen-bond donors (Lipinski definition) is 7. The van der Waals surface area contributed by atoms with Gasteiger partial charge in [-0.2, -0.15) is 0 Å². The average molecular weight is 601 g/mol. The fraction of sp³-hybridized carbons (Fsp3) is 0.355. The number of rotatable bonds is 13. The van der Waals surface area contributed by atoms with Crippen molar-refractivity contribution in [2.75, 3.05) is 11.5 Å². The standard InChI is InChI=1S/C31H34F2N2O8/c32-20-7-5-18(6-8-20)24(37)14-13-23-26(35(31(23)43)22-11-9-21(33)10-12-22)19-3-1-17(2-4-19)15-34-30(42)29(41)28(40)27(39)25(38)16-36/h1-12,23-29,36-41H,13-16H2,(H,34,42). The van der Waals surface area contributed by atoms with Crippen LogP contribution in [0, 0.1) is 17.6 Å². The molecule has 0 saturated carbocycles. The van der Waals surface area contributed by atoms with Crippen molar-refractivity contribution in [2.24, 2.45) is 5.92 Å². The highest BCUT2D eigenvalue weighted by atomic mass is 19.1. The molecule has 1 saturated heterocycles. The van der Waals surface area contributed by atoms with Gasteiger partial charge in [0.15, 0.2) is 6.10 Å². The molecule has 3 aromatic rings. The molecule has 0 aliphatic carbocycles. The van der Waals surface area contributed by atoms with E-state index in [1.807, 2.05) is 0 Å². The Labute approximate surface area is 246 Å². The van der Waals surface area contributed by atoms with E-state index in [1.54, 1.807) is 29.2 Å². The van der Waals surface area contributed by atoms with E-state index in [4.69, 9.17) is 5.11 Å². The van der Waals surface area contributed by atoms with E-state index in [2.05, 4.69) is 5.32 Å². The Balaban J connectivity index is 1.45. The average Bonchev–Trinajstić information content (AvgIpc) is 3.02. The molecule has 1 aliphatic rings. The van der Waals surface area contributed by atoms with E-state index in [1.165, 1.54) is 48.5 Å². The van der Waals surface area contributed by atoms with E-state index in [9.17, 15) is 43.9 Å². The molecule has 10 nitrogen and oxygen atoms in total. The molecule has 0 radical (unpaired) electrons. The van der Waals surface area contributed by atoms with Crippen molar-refractivity contribution in [3.8, 4) is 0 Å². The van der Waals surface area contributed by atoms with Crippen molar-refractivity contribution in [3.05, 3.63) is 101 Å². The minimum absolute atomic E-state index is 0.0554. The van der Waals surface area contributed by atoms with E-state index in [0.29, 0.717) is 23.2 Å². The first-order valence-electron chi connectivity index (χ1n) is 13.7. The number of β-lactam (4-membered cyclic amide) rings is 1. The second-order valence-corrected chi connectivity index (χ2v) is 10.5. The molecular formula is C31H34F2N2O8. The molecule has 12 heteroatoms. The number of anilines is 1. The highest BCUT2D eigenvalue weighted by molar-refractivity contribution is 6.03. The van der Waals surface area contributed by atoms with Gasteiger partial charge < -0.3 is 40.9 Å². The molecule has 1 aliphatic heterocycles. The van der Waals surface area contributed by atoms with E-state index >= 15 is 0 Å². The van der Waals surface area contributed by atoms with Crippen LogP contribution in [0.5, 0.6) is 0 Å². The van der Waals surface area contributed by atoms with Gasteiger partial charge in [0.25, 0.3) is 5.91 Å². The molecule has 7 N–H and O–H groups in total. The molecule has 7 atom stereocenters. The maximum Gasteiger partial charge on any atom is 0.251 e. The zero-order valence-electron chi connectivity index (χ0n) is 23.0. The summed E-state index contributed by atoms with van der Waals surface area (Å²) in [6.07, 6.45) is -8.10. The smallest absolute Gasteiger partial charge is 0.251 e. The topological polar surface area (TPSA) is 171 Å². The lowest BCUT2D eigenvalue weighted by Crippen LogP contribution is -2.55. The molecule has 3 aromatic carbocycles. The van der Waals surface area contributed by atoms with Crippen molar-refractivity contribution in [1.29, 1.82) is 0 Å². The number of halogens is 2. The van der Waals surface area contributed by atoms with Crippen LogP contribution in [0.25, 0.3) is 0 Å². The molecule has 43 heavy (non-hydrogen) atoms. The van der Waals surface area contributed by atoms with Crippen molar-refractivity contribution >= 4 is 17.5 Å². The van der Waals surface area contributed by atoms with E-state index in [-0.39, 0.29) is 18.9 Å². The fourth-order valence-electron chi connectivity index (χ4n) is 5.09. The third kappa shape index (κ3) is 7.42.